The molecule has 0 spiro atoms. The Kier molecular flexibility index (Phi) is 13.3. The minimum absolute atomic E-state index is 0.757. The molecule has 0 bridgehead atoms. The van der Waals surface area contributed by atoms with E-state index in [2.05, 4.69) is 44.4 Å². The Bertz CT molecular complexity index is 224. The summed E-state index contributed by atoms with van der Waals surface area (Å²) in [5, 5.41) is 0. The van der Waals surface area contributed by atoms with E-state index in [1.807, 2.05) is 13.8 Å². The summed E-state index contributed by atoms with van der Waals surface area (Å²) in [5.74, 6) is 2.00. The van der Waals surface area contributed by atoms with Gasteiger partial charge in [0, 0.05) is 6.04 Å². The number of nitrogens with zero attached hydrogens (tertiary/aromatic N) is 2. The smallest absolute Gasteiger partial charge is 0.00385 e. The SMILES string of the molecule is CC.CCC1CCN(C(C)C)CC1.CCN1CCC(C)CC1. The minimum atomic E-state index is 0.757. The fourth-order valence-corrected chi connectivity index (χ4v) is 3.26. The van der Waals surface area contributed by atoms with E-state index in [-0.39, 0.29) is 0 Å². The molecule has 2 nitrogen and oxygen atoms in total. The number of hydrogen-bond donors (Lipinski definition) is 0. The Morgan fingerprint density at radius 3 is 1.73 bits per heavy atom. The van der Waals surface area contributed by atoms with Crippen molar-refractivity contribution in [1.82, 2.24) is 9.80 Å². The molecular formula is C20H44N2. The molecule has 2 aliphatic rings. The van der Waals surface area contributed by atoms with Gasteiger partial charge in [0.15, 0.2) is 0 Å². The van der Waals surface area contributed by atoms with Crippen LogP contribution in [0, 0.1) is 11.8 Å². The summed E-state index contributed by atoms with van der Waals surface area (Å²) >= 11 is 0. The van der Waals surface area contributed by atoms with E-state index in [0.29, 0.717) is 0 Å². The van der Waals surface area contributed by atoms with E-state index in [0.717, 1.165) is 17.9 Å². The standard InChI is InChI=1S/C10H21N.C8H17N.C2H6/c1-4-10-5-7-11(8-6-10)9(2)3;1-3-9-6-4-8(2)5-7-9;1-2/h9-10H,4-8H2,1-3H3;8H,3-7H2,1-2H3;1-2H3. The third kappa shape index (κ3) is 9.15. The fourth-order valence-electron chi connectivity index (χ4n) is 3.26. The molecule has 2 aliphatic heterocycles. The van der Waals surface area contributed by atoms with Crippen LogP contribution in [0.1, 0.15) is 80.6 Å². The molecule has 0 aromatic heterocycles. The quantitative estimate of drug-likeness (QED) is 0.699. The highest BCUT2D eigenvalue weighted by Crippen LogP contribution is 2.20. The van der Waals surface area contributed by atoms with E-state index in [1.165, 1.54) is 64.8 Å². The molecule has 0 atom stereocenters. The van der Waals surface area contributed by atoms with Crippen molar-refractivity contribution in [2.45, 2.75) is 86.6 Å². The normalized spacial score (nSPS) is 21.8. The maximum absolute atomic E-state index is 2.59. The molecule has 0 saturated carbocycles. The highest BCUT2D eigenvalue weighted by Gasteiger charge is 2.18. The summed E-state index contributed by atoms with van der Waals surface area (Å²) in [4.78, 5) is 5.12. The Morgan fingerprint density at radius 1 is 0.864 bits per heavy atom. The molecular weight excluding hydrogens is 268 g/mol. The lowest BCUT2D eigenvalue weighted by atomic mass is 9.94. The second-order valence-corrected chi connectivity index (χ2v) is 7.10. The zero-order valence-corrected chi connectivity index (χ0v) is 16.7. The number of piperidine rings is 2. The van der Waals surface area contributed by atoms with Gasteiger partial charge in [-0.05, 0) is 84.1 Å². The van der Waals surface area contributed by atoms with Crippen LogP contribution in [0.25, 0.3) is 0 Å². The van der Waals surface area contributed by atoms with Crippen LogP contribution in [0.4, 0.5) is 0 Å². The largest absolute Gasteiger partial charge is 0.304 e. The predicted octanol–water partition coefficient (Wildman–Crippen LogP) is 5.28. The molecule has 0 amide bonds. The van der Waals surface area contributed by atoms with Gasteiger partial charge in [-0.15, -0.1) is 0 Å². The average Bonchev–Trinajstić information content (AvgIpc) is 2.58. The Balaban J connectivity index is 0.000000366. The van der Waals surface area contributed by atoms with Crippen molar-refractivity contribution in [3.8, 4) is 0 Å². The maximum Gasteiger partial charge on any atom is 0.00385 e. The van der Waals surface area contributed by atoms with Crippen LogP contribution in [0.3, 0.4) is 0 Å². The summed E-state index contributed by atoms with van der Waals surface area (Å²) < 4.78 is 0. The van der Waals surface area contributed by atoms with Crippen LogP contribution >= 0.6 is 0 Å². The van der Waals surface area contributed by atoms with Crippen molar-refractivity contribution in [3.05, 3.63) is 0 Å². The summed E-state index contributed by atoms with van der Waals surface area (Å²) in [6.07, 6.45) is 7.05. The van der Waals surface area contributed by atoms with Gasteiger partial charge in [-0.1, -0.05) is 41.0 Å². The van der Waals surface area contributed by atoms with Crippen LogP contribution in [0.5, 0.6) is 0 Å². The van der Waals surface area contributed by atoms with Crippen LogP contribution in [-0.4, -0.2) is 48.6 Å². The number of likely N-dealkylation sites (tertiary alicyclic amines) is 2. The van der Waals surface area contributed by atoms with E-state index < -0.39 is 0 Å². The molecule has 2 rings (SSSR count). The fraction of sp³-hybridized carbons (Fsp3) is 1.00. The first-order chi connectivity index (χ1) is 10.6. The molecule has 134 valence electrons. The van der Waals surface area contributed by atoms with Crippen molar-refractivity contribution in [1.29, 1.82) is 0 Å². The summed E-state index contributed by atoms with van der Waals surface area (Å²) in [5.41, 5.74) is 0. The molecule has 2 fully saturated rings. The highest BCUT2D eigenvalue weighted by molar-refractivity contribution is 4.73. The van der Waals surface area contributed by atoms with Crippen molar-refractivity contribution in [2.75, 3.05) is 32.7 Å². The summed E-state index contributed by atoms with van der Waals surface area (Å²) in [7, 11) is 0. The monoisotopic (exact) mass is 312 g/mol. The van der Waals surface area contributed by atoms with Gasteiger partial charge in [0.25, 0.3) is 0 Å². The van der Waals surface area contributed by atoms with E-state index in [4.69, 9.17) is 0 Å². The van der Waals surface area contributed by atoms with Crippen molar-refractivity contribution in [2.24, 2.45) is 11.8 Å². The van der Waals surface area contributed by atoms with Gasteiger partial charge < -0.3 is 9.80 Å². The summed E-state index contributed by atoms with van der Waals surface area (Å²) in [6.45, 7) is 22.1. The van der Waals surface area contributed by atoms with Crippen LogP contribution in [-0.2, 0) is 0 Å². The molecule has 0 unspecified atom stereocenters. The van der Waals surface area contributed by atoms with Gasteiger partial charge in [0.2, 0.25) is 0 Å². The van der Waals surface area contributed by atoms with Gasteiger partial charge in [0.1, 0.15) is 0 Å². The first-order valence-electron chi connectivity index (χ1n) is 10.0. The first kappa shape index (κ1) is 21.9. The second-order valence-electron chi connectivity index (χ2n) is 7.10. The molecule has 0 N–H and O–H groups in total. The zero-order chi connectivity index (χ0) is 17.0. The second kappa shape index (κ2) is 13.4. The molecule has 2 heterocycles. The van der Waals surface area contributed by atoms with Crippen molar-refractivity contribution < 1.29 is 0 Å². The third-order valence-electron chi connectivity index (χ3n) is 5.28. The van der Waals surface area contributed by atoms with Crippen LogP contribution in [0.2, 0.25) is 0 Å². The average molecular weight is 313 g/mol. The number of hydrogen-bond acceptors (Lipinski definition) is 2. The lowest BCUT2D eigenvalue weighted by Gasteiger charge is -2.34. The maximum atomic E-state index is 2.59. The topological polar surface area (TPSA) is 6.48 Å². The zero-order valence-electron chi connectivity index (χ0n) is 16.7. The van der Waals surface area contributed by atoms with Crippen LogP contribution in [0.15, 0.2) is 0 Å². The molecule has 22 heavy (non-hydrogen) atoms. The highest BCUT2D eigenvalue weighted by atomic mass is 15.1. The van der Waals surface area contributed by atoms with E-state index in [9.17, 15) is 0 Å². The van der Waals surface area contributed by atoms with Crippen molar-refractivity contribution >= 4 is 0 Å². The molecule has 2 saturated heterocycles. The molecule has 0 radical (unpaired) electrons. The lowest BCUT2D eigenvalue weighted by Crippen LogP contribution is -2.38. The lowest BCUT2D eigenvalue weighted by molar-refractivity contribution is 0.148. The molecule has 0 aromatic rings. The van der Waals surface area contributed by atoms with E-state index >= 15 is 0 Å². The van der Waals surface area contributed by atoms with Gasteiger partial charge in [-0.3, -0.25) is 0 Å². The van der Waals surface area contributed by atoms with Gasteiger partial charge in [-0.25, -0.2) is 0 Å². The Hall–Kier alpha value is -0.0800. The number of rotatable bonds is 3. The molecule has 0 aliphatic carbocycles. The summed E-state index contributed by atoms with van der Waals surface area (Å²) in [6, 6.07) is 0.757. The molecule has 2 heteroatoms. The minimum Gasteiger partial charge on any atom is -0.304 e. The van der Waals surface area contributed by atoms with E-state index in [1.54, 1.807) is 0 Å². The Labute approximate surface area is 141 Å². The van der Waals surface area contributed by atoms with Crippen LogP contribution < -0.4 is 0 Å². The van der Waals surface area contributed by atoms with Gasteiger partial charge in [0.05, 0.1) is 0 Å². The van der Waals surface area contributed by atoms with Gasteiger partial charge in [-0.2, -0.15) is 0 Å². The third-order valence-corrected chi connectivity index (χ3v) is 5.28. The first-order valence-corrected chi connectivity index (χ1v) is 10.0. The molecule has 0 aromatic carbocycles. The van der Waals surface area contributed by atoms with Crippen molar-refractivity contribution in [3.63, 3.8) is 0 Å². The predicted molar refractivity (Wildman–Crippen MR) is 102 cm³/mol. The Morgan fingerprint density at radius 2 is 1.36 bits per heavy atom. The van der Waals surface area contributed by atoms with Gasteiger partial charge >= 0.3 is 0 Å².